The summed E-state index contributed by atoms with van der Waals surface area (Å²) in [6.07, 6.45) is 1.13. The third-order valence-corrected chi connectivity index (χ3v) is 3.30. The summed E-state index contributed by atoms with van der Waals surface area (Å²) in [7, 11) is 1.93. The summed E-state index contributed by atoms with van der Waals surface area (Å²) in [6.45, 7) is 0.389. The summed E-state index contributed by atoms with van der Waals surface area (Å²) in [5.74, 6) is 1.62. The molecule has 1 fully saturated rings. The van der Waals surface area contributed by atoms with Crippen LogP contribution in [-0.2, 0) is 0 Å². The molecule has 0 saturated heterocycles. The molecule has 0 radical (unpaired) electrons. The number of rotatable bonds is 7. The molecule has 1 N–H and O–H groups in total. The molecule has 0 aliphatic heterocycles. The molecule has 1 aromatic carbocycles. The lowest BCUT2D eigenvalue weighted by atomic mass is 10.1. The van der Waals surface area contributed by atoms with Gasteiger partial charge in [-0.25, -0.2) is 0 Å². The van der Waals surface area contributed by atoms with E-state index < -0.39 is 6.61 Å². The number of alkyl halides is 2. The summed E-state index contributed by atoms with van der Waals surface area (Å²) >= 11 is 0. The molecule has 2 unspecified atom stereocenters. The molecule has 0 amide bonds. The zero-order chi connectivity index (χ0) is 13.8. The fourth-order valence-corrected chi connectivity index (χ4v) is 2.36. The molecule has 2 rings (SSSR count). The molecule has 1 aromatic rings. The minimum absolute atomic E-state index is 0.103. The SMILES string of the molecule is CCOc1cc(C2CC2CNC)ccc1OC(F)F. The second kappa shape index (κ2) is 6.19. The Morgan fingerprint density at radius 2 is 2.16 bits per heavy atom. The van der Waals surface area contributed by atoms with E-state index in [1.54, 1.807) is 6.07 Å². The zero-order valence-corrected chi connectivity index (χ0v) is 11.2. The van der Waals surface area contributed by atoms with Gasteiger partial charge in [0, 0.05) is 0 Å². The van der Waals surface area contributed by atoms with E-state index in [1.807, 2.05) is 26.1 Å². The number of nitrogens with one attached hydrogen (secondary N) is 1. The van der Waals surface area contributed by atoms with Crippen molar-refractivity contribution in [1.82, 2.24) is 5.32 Å². The van der Waals surface area contributed by atoms with E-state index in [9.17, 15) is 8.78 Å². The maximum Gasteiger partial charge on any atom is 0.387 e. The van der Waals surface area contributed by atoms with Crippen molar-refractivity contribution in [2.45, 2.75) is 25.9 Å². The molecule has 1 aliphatic rings. The summed E-state index contributed by atoms with van der Waals surface area (Å²) in [5.41, 5.74) is 1.13. The summed E-state index contributed by atoms with van der Waals surface area (Å²) < 4.78 is 34.4. The van der Waals surface area contributed by atoms with Gasteiger partial charge in [-0.15, -0.1) is 0 Å². The predicted octanol–water partition coefficient (Wildman–Crippen LogP) is 3.01. The lowest BCUT2D eigenvalue weighted by molar-refractivity contribution is -0.0514. The van der Waals surface area contributed by atoms with E-state index in [0.717, 1.165) is 18.5 Å². The van der Waals surface area contributed by atoms with Gasteiger partial charge in [0.2, 0.25) is 0 Å². The van der Waals surface area contributed by atoms with E-state index in [4.69, 9.17) is 4.74 Å². The van der Waals surface area contributed by atoms with Crippen LogP contribution in [0.3, 0.4) is 0 Å². The summed E-state index contributed by atoms with van der Waals surface area (Å²) in [5, 5.41) is 3.15. The van der Waals surface area contributed by atoms with Crippen LogP contribution in [0.2, 0.25) is 0 Å². The fraction of sp³-hybridized carbons (Fsp3) is 0.571. The molecule has 19 heavy (non-hydrogen) atoms. The van der Waals surface area contributed by atoms with Gasteiger partial charge in [-0.05, 0) is 56.5 Å². The van der Waals surface area contributed by atoms with Gasteiger partial charge >= 0.3 is 6.61 Å². The first-order valence-corrected chi connectivity index (χ1v) is 6.51. The van der Waals surface area contributed by atoms with Crippen LogP contribution >= 0.6 is 0 Å². The third kappa shape index (κ3) is 3.56. The average molecular weight is 271 g/mol. The van der Waals surface area contributed by atoms with Crippen molar-refractivity contribution in [3.8, 4) is 11.5 Å². The number of hydrogen-bond acceptors (Lipinski definition) is 3. The van der Waals surface area contributed by atoms with Crippen molar-refractivity contribution in [3.05, 3.63) is 23.8 Å². The molecule has 2 atom stereocenters. The Morgan fingerprint density at radius 1 is 1.37 bits per heavy atom. The maximum atomic E-state index is 12.3. The minimum atomic E-state index is -2.83. The van der Waals surface area contributed by atoms with Gasteiger partial charge < -0.3 is 14.8 Å². The van der Waals surface area contributed by atoms with E-state index in [2.05, 4.69) is 10.1 Å². The molecular weight excluding hydrogens is 252 g/mol. The largest absolute Gasteiger partial charge is 0.490 e. The highest BCUT2D eigenvalue weighted by Gasteiger charge is 2.37. The van der Waals surface area contributed by atoms with Crippen LogP contribution in [0.1, 0.15) is 24.8 Å². The number of benzene rings is 1. The van der Waals surface area contributed by atoms with Crippen molar-refractivity contribution >= 4 is 0 Å². The lowest BCUT2D eigenvalue weighted by Gasteiger charge is -2.12. The van der Waals surface area contributed by atoms with Crippen LogP contribution in [0.5, 0.6) is 11.5 Å². The first kappa shape index (κ1) is 14.1. The van der Waals surface area contributed by atoms with E-state index in [0.29, 0.717) is 24.2 Å². The first-order chi connectivity index (χ1) is 9.15. The smallest absolute Gasteiger partial charge is 0.387 e. The van der Waals surface area contributed by atoms with Crippen molar-refractivity contribution < 1.29 is 18.3 Å². The first-order valence-electron chi connectivity index (χ1n) is 6.51. The normalized spacial score (nSPS) is 21.5. The molecule has 0 aromatic heterocycles. The summed E-state index contributed by atoms with van der Waals surface area (Å²) in [6, 6.07) is 5.24. The van der Waals surface area contributed by atoms with Crippen LogP contribution in [0.25, 0.3) is 0 Å². The van der Waals surface area contributed by atoms with Crippen molar-refractivity contribution in [2.75, 3.05) is 20.2 Å². The van der Waals surface area contributed by atoms with Crippen LogP contribution in [0.15, 0.2) is 18.2 Å². The molecule has 0 spiro atoms. The van der Waals surface area contributed by atoms with Gasteiger partial charge in [-0.3, -0.25) is 0 Å². The quantitative estimate of drug-likeness (QED) is 0.827. The standard InChI is InChI=1S/C14H19F2NO2/c1-3-18-13-7-9(11-6-10(11)8-17-2)4-5-12(13)19-14(15)16/h4-5,7,10-11,14,17H,3,6,8H2,1-2H3. The van der Waals surface area contributed by atoms with Crippen molar-refractivity contribution in [3.63, 3.8) is 0 Å². The van der Waals surface area contributed by atoms with Gasteiger partial charge in [-0.1, -0.05) is 6.07 Å². The van der Waals surface area contributed by atoms with Gasteiger partial charge in [-0.2, -0.15) is 8.78 Å². The van der Waals surface area contributed by atoms with Crippen molar-refractivity contribution in [1.29, 1.82) is 0 Å². The van der Waals surface area contributed by atoms with Crippen LogP contribution in [-0.4, -0.2) is 26.8 Å². The van der Waals surface area contributed by atoms with Gasteiger partial charge in [0.25, 0.3) is 0 Å². The van der Waals surface area contributed by atoms with E-state index in [-0.39, 0.29) is 5.75 Å². The Labute approximate surface area is 111 Å². The second-order valence-electron chi connectivity index (χ2n) is 4.68. The van der Waals surface area contributed by atoms with Gasteiger partial charge in [0.1, 0.15) is 0 Å². The topological polar surface area (TPSA) is 30.5 Å². The Balaban J connectivity index is 2.12. The van der Waals surface area contributed by atoms with Gasteiger partial charge in [0.05, 0.1) is 6.61 Å². The van der Waals surface area contributed by atoms with Crippen LogP contribution < -0.4 is 14.8 Å². The van der Waals surface area contributed by atoms with E-state index in [1.165, 1.54) is 0 Å². The maximum absolute atomic E-state index is 12.3. The zero-order valence-electron chi connectivity index (χ0n) is 11.2. The summed E-state index contributed by atoms with van der Waals surface area (Å²) in [4.78, 5) is 0. The molecule has 1 saturated carbocycles. The highest BCUT2D eigenvalue weighted by atomic mass is 19.3. The molecule has 0 bridgehead atoms. The Kier molecular flexibility index (Phi) is 4.58. The lowest BCUT2D eigenvalue weighted by Crippen LogP contribution is -2.10. The fourth-order valence-electron chi connectivity index (χ4n) is 2.36. The molecule has 5 heteroatoms. The monoisotopic (exact) mass is 271 g/mol. The molecule has 106 valence electrons. The van der Waals surface area contributed by atoms with E-state index >= 15 is 0 Å². The van der Waals surface area contributed by atoms with Crippen molar-refractivity contribution in [2.24, 2.45) is 5.92 Å². The average Bonchev–Trinajstić information content (AvgIpc) is 3.11. The Hall–Kier alpha value is -1.36. The molecular formula is C14H19F2NO2. The molecule has 3 nitrogen and oxygen atoms in total. The molecule has 0 heterocycles. The Morgan fingerprint density at radius 3 is 2.79 bits per heavy atom. The second-order valence-corrected chi connectivity index (χ2v) is 4.68. The van der Waals surface area contributed by atoms with Gasteiger partial charge in [0.15, 0.2) is 11.5 Å². The minimum Gasteiger partial charge on any atom is -0.490 e. The molecule has 1 aliphatic carbocycles. The number of hydrogen-bond donors (Lipinski definition) is 1. The highest BCUT2D eigenvalue weighted by molar-refractivity contribution is 5.45. The van der Waals surface area contributed by atoms with Crippen LogP contribution in [0, 0.1) is 5.92 Å². The number of ether oxygens (including phenoxy) is 2. The number of halogens is 2. The highest BCUT2D eigenvalue weighted by Crippen LogP contribution is 2.48. The van der Waals surface area contributed by atoms with Crippen LogP contribution in [0.4, 0.5) is 8.78 Å². The predicted molar refractivity (Wildman–Crippen MR) is 69.0 cm³/mol. The Bertz CT molecular complexity index is 426. The third-order valence-electron chi connectivity index (χ3n) is 3.30.